The van der Waals surface area contributed by atoms with Crippen LogP contribution in [-0.4, -0.2) is 61.8 Å². The smallest absolute Gasteiger partial charge is 0.243 e. The van der Waals surface area contributed by atoms with Gasteiger partial charge in [-0.3, -0.25) is 9.69 Å². The highest BCUT2D eigenvalue weighted by Crippen LogP contribution is 2.26. The van der Waals surface area contributed by atoms with E-state index < -0.39 is 10.0 Å². The molecule has 7 heteroatoms. The van der Waals surface area contributed by atoms with Gasteiger partial charge in [-0.15, -0.1) is 0 Å². The largest absolute Gasteiger partial charge is 0.352 e. The molecule has 1 aliphatic carbocycles. The molecule has 6 nitrogen and oxygen atoms in total. The van der Waals surface area contributed by atoms with Crippen molar-refractivity contribution in [1.29, 1.82) is 0 Å². The summed E-state index contributed by atoms with van der Waals surface area (Å²) in [6.45, 7) is 9.55. The van der Waals surface area contributed by atoms with Crippen LogP contribution in [0.4, 0.5) is 0 Å². The van der Waals surface area contributed by atoms with Crippen molar-refractivity contribution in [3.8, 4) is 0 Å². The Labute approximate surface area is 156 Å². The van der Waals surface area contributed by atoms with Crippen molar-refractivity contribution in [2.45, 2.75) is 57.5 Å². The van der Waals surface area contributed by atoms with E-state index in [0.717, 1.165) is 29.5 Å². The third kappa shape index (κ3) is 3.94. The van der Waals surface area contributed by atoms with Crippen molar-refractivity contribution in [3.05, 3.63) is 28.8 Å². The molecule has 1 N–H and O–H groups in total. The van der Waals surface area contributed by atoms with Crippen molar-refractivity contribution in [1.82, 2.24) is 14.5 Å². The highest BCUT2D eigenvalue weighted by molar-refractivity contribution is 7.89. The average molecular weight is 380 g/mol. The number of hydrogen-bond donors (Lipinski definition) is 1. The minimum Gasteiger partial charge on any atom is -0.352 e. The molecule has 0 bridgehead atoms. The van der Waals surface area contributed by atoms with E-state index in [9.17, 15) is 13.2 Å². The van der Waals surface area contributed by atoms with Crippen LogP contribution in [0.3, 0.4) is 0 Å². The zero-order chi connectivity index (χ0) is 19.1. The summed E-state index contributed by atoms with van der Waals surface area (Å²) in [6.07, 6.45) is 2.14. The molecule has 1 amide bonds. The molecule has 2 fully saturated rings. The summed E-state index contributed by atoms with van der Waals surface area (Å²) in [5, 5.41) is 3.03. The van der Waals surface area contributed by atoms with Gasteiger partial charge in [0.15, 0.2) is 0 Å². The van der Waals surface area contributed by atoms with E-state index in [-0.39, 0.29) is 11.9 Å². The highest BCUT2D eigenvalue weighted by atomic mass is 32.2. The lowest BCUT2D eigenvalue weighted by Gasteiger charge is -2.37. The molecule has 0 radical (unpaired) electrons. The number of benzene rings is 1. The third-order valence-corrected chi connectivity index (χ3v) is 7.53. The number of rotatable bonds is 5. The molecule has 1 aliphatic heterocycles. The molecule has 1 unspecified atom stereocenters. The first-order valence-electron chi connectivity index (χ1n) is 9.32. The molecular formula is C19H29N3O3S. The molecule has 1 atom stereocenters. The van der Waals surface area contributed by atoms with E-state index in [4.69, 9.17) is 0 Å². The van der Waals surface area contributed by atoms with E-state index in [1.165, 1.54) is 0 Å². The van der Waals surface area contributed by atoms with Gasteiger partial charge in [-0.25, -0.2) is 8.42 Å². The number of aryl methyl sites for hydroxylation is 3. The highest BCUT2D eigenvalue weighted by Gasteiger charge is 2.34. The number of nitrogens with zero attached hydrogens (tertiary/aromatic N) is 2. The monoisotopic (exact) mass is 379 g/mol. The Hall–Kier alpha value is -1.44. The topological polar surface area (TPSA) is 69.7 Å². The van der Waals surface area contributed by atoms with Crippen LogP contribution >= 0.6 is 0 Å². The molecule has 1 aromatic rings. The summed E-state index contributed by atoms with van der Waals surface area (Å²) in [5.74, 6) is 0.0500. The predicted octanol–water partition coefficient (Wildman–Crippen LogP) is 1.59. The van der Waals surface area contributed by atoms with Gasteiger partial charge >= 0.3 is 0 Å². The molecule has 3 rings (SSSR count). The summed E-state index contributed by atoms with van der Waals surface area (Å²) in [5.41, 5.74) is 2.66. The fraction of sp³-hybridized carbons (Fsp3) is 0.632. The van der Waals surface area contributed by atoms with Crippen LogP contribution in [0.25, 0.3) is 0 Å². The molecule has 1 heterocycles. The number of amides is 1. The summed E-state index contributed by atoms with van der Waals surface area (Å²) in [4.78, 5) is 14.7. The van der Waals surface area contributed by atoms with Gasteiger partial charge in [0.2, 0.25) is 15.9 Å². The van der Waals surface area contributed by atoms with E-state index >= 15 is 0 Å². The maximum absolute atomic E-state index is 13.1. The fourth-order valence-electron chi connectivity index (χ4n) is 3.75. The maximum Gasteiger partial charge on any atom is 0.243 e. The third-order valence-electron chi connectivity index (χ3n) is 5.33. The molecule has 1 saturated heterocycles. The summed E-state index contributed by atoms with van der Waals surface area (Å²) in [7, 11) is -3.51. The van der Waals surface area contributed by atoms with Crippen molar-refractivity contribution in [3.63, 3.8) is 0 Å². The summed E-state index contributed by atoms with van der Waals surface area (Å²) < 4.78 is 27.8. The van der Waals surface area contributed by atoms with E-state index in [1.807, 2.05) is 39.8 Å². The van der Waals surface area contributed by atoms with Gasteiger partial charge in [0.05, 0.1) is 10.9 Å². The van der Waals surface area contributed by atoms with Crippen molar-refractivity contribution < 1.29 is 13.2 Å². The van der Waals surface area contributed by atoms with Crippen LogP contribution < -0.4 is 5.32 Å². The summed E-state index contributed by atoms with van der Waals surface area (Å²) in [6, 6.07) is 3.96. The molecule has 1 saturated carbocycles. The number of piperazine rings is 1. The quantitative estimate of drug-likeness (QED) is 0.843. The number of hydrogen-bond acceptors (Lipinski definition) is 4. The van der Waals surface area contributed by atoms with Crippen molar-refractivity contribution >= 4 is 15.9 Å². The number of carbonyl (C=O) groups excluding carboxylic acids is 1. The van der Waals surface area contributed by atoms with Crippen LogP contribution in [-0.2, 0) is 14.8 Å². The molecule has 1 aromatic carbocycles. The van der Waals surface area contributed by atoms with Crippen molar-refractivity contribution in [2.75, 3.05) is 26.2 Å². The minimum atomic E-state index is -3.51. The Bertz CT molecular complexity index is 771. The van der Waals surface area contributed by atoms with Gasteiger partial charge in [-0.1, -0.05) is 17.7 Å². The normalized spacial score (nSPS) is 20.8. The van der Waals surface area contributed by atoms with Crippen LogP contribution in [0.15, 0.2) is 17.0 Å². The molecule has 0 aromatic heterocycles. The molecule has 144 valence electrons. The van der Waals surface area contributed by atoms with Gasteiger partial charge in [-0.2, -0.15) is 4.31 Å². The van der Waals surface area contributed by atoms with E-state index in [1.54, 1.807) is 4.31 Å². The molecule has 2 aliphatic rings. The lowest BCUT2D eigenvalue weighted by molar-refractivity contribution is -0.126. The lowest BCUT2D eigenvalue weighted by atomic mass is 10.1. The SMILES string of the molecule is Cc1cc(C)c(S(=O)(=O)N2CCN(C(C)C(=O)NC3CC3)CC2)c(C)c1. The Morgan fingerprint density at radius 1 is 1.08 bits per heavy atom. The van der Waals surface area contributed by atoms with Crippen LogP contribution in [0.1, 0.15) is 36.5 Å². The van der Waals surface area contributed by atoms with Gasteiger partial charge in [-0.05, 0) is 51.7 Å². The van der Waals surface area contributed by atoms with Gasteiger partial charge in [0.25, 0.3) is 0 Å². The molecule has 26 heavy (non-hydrogen) atoms. The number of nitrogens with one attached hydrogen (secondary N) is 1. The zero-order valence-electron chi connectivity index (χ0n) is 16.1. The second-order valence-electron chi connectivity index (χ2n) is 7.63. The van der Waals surface area contributed by atoms with E-state index in [0.29, 0.717) is 37.1 Å². The van der Waals surface area contributed by atoms with Crippen molar-refractivity contribution in [2.24, 2.45) is 0 Å². The van der Waals surface area contributed by atoms with Crippen LogP contribution in [0.5, 0.6) is 0 Å². The molecular weight excluding hydrogens is 350 g/mol. The fourth-order valence-corrected chi connectivity index (χ4v) is 5.58. The Kier molecular flexibility index (Phi) is 5.42. The van der Waals surface area contributed by atoms with Gasteiger partial charge < -0.3 is 5.32 Å². The van der Waals surface area contributed by atoms with Crippen LogP contribution in [0, 0.1) is 20.8 Å². The number of sulfonamides is 1. The van der Waals surface area contributed by atoms with Crippen LogP contribution in [0.2, 0.25) is 0 Å². The first kappa shape index (κ1) is 19.3. The predicted molar refractivity (Wildman–Crippen MR) is 102 cm³/mol. The second kappa shape index (κ2) is 7.29. The Morgan fingerprint density at radius 3 is 2.12 bits per heavy atom. The minimum absolute atomic E-state index is 0.0500. The first-order valence-corrected chi connectivity index (χ1v) is 10.8. The molecule has 0 spiro atoms. The van der Waals surface area contributed by atoms with Gasteiger partial charge in [0.1, 0.15) is 0 Å². The number of carbonyl (C=O) groups is 1. The first-order chi connectivity index (χ1) is 12.2. The Morgan fingerprint density at radius 2 is 1.62 bits per heavy atom. The Balaban J connectivity index is 1.68. The summed E-state index contributed by atoms with van der Waals surface area (Å²) >= 11 is 0. The zero-order valence-corrected chi connectivity index (χ0v) is 16.9. The average Bonchev–Trinajstić information content (AvgIpc) is 3.37. The lowest BCUT2D eigenvalue weighted by Crippen LogP contribution is -2.55. The standard InChI is InChI=1S/C19H29N3O3S/c1-13-11-14(2)18(15(3)12-13)26(24,25)22-9-7-21(8-10-22)16(4)19(23)20-17-5-6-17/h11-12,16-17H,5-10H2,1-4H3,(H,20,23). The van der Waals surface area contributed by atoms with E-state index in [2.05, 4.69) is 10.2 Å². The second-order valence-corrected chi connectivity index (χ2v) is 9.50. The van der Waals surface area contributed by atoms with Gasteiger partial charge in [0, 0.05) is 32.2 Å². The maximum atomic E-state index is 13.1.